The zero-order chi connectivity index (χ0) is 23.7. The molecule has 0 unspecified atom stereocenters. The van der Waals surface area contributed by atoms with Crippen LogP contribution < -0.4 is 19.6 Å². The minimum Gasteiger partial charge on any atom is -0.392 e. The van der Waals surface area contributed by atoms with Crippen molar-refractivity contribution in [3.63, 3.8) is 0 Å². The first-order valence-corrected chi connectivity index (χ1v) is 12.8. The Balaban J connectivity index is 1.36. The van der Waals surface area contributed by atoms with Crippen LogP contribution >= 0.6 is 11.6 Å². The quantitative estimate of drug-likeness (QED) is 0.685. The fraction of sp³-hybridized carbons (Fsp3) is 0.600. The number of nitrogens with zero attached hydrogens (tertiary/aromatic N) is 6. The number of pyridine rings is 2. The van der Waals surface area contributed by atoms with Gasteiger partial charge in [0.2, 0.25) is 0 Å². The van der Waals surface area contributed by atoms with Gasteiger partial charge in [-0.2, -0.15) is 0 Å². The molecule has 5 rings (SSSR count). The topological polar surface area (TPSA) is 59.0 Å². The van der Waals surface area contributed by atoms with Gasteiger partial charge in [-0.3, -0.25) is 0 Å². The van der Waals surface area contributed by atoms with E-state index in [9.17, 15) is 9.50 Å². The molecule has 2 aromatic heterocycles. The van der Waals surface area contributed by atoms with Crippen LogP contribution in [0.3, 0.4) is 0 Å². The number of halogens is 2. The molecule has 3 aliphatic rings. The highest BCUT2D eigenvalue weighted by molar-refractivity contribution is 6.33. The summed E-state index contributed by atoms with van der Waals surface area (Å²) in [6.07, 6.45) is 4.56. The van der Waals surface area contributed by atoms with E-state index in [0.29, 0.717) is 29.5 Å². The van der Waals surface area contributed by atoms with Crippen molar-refractivity contribution in [1.29, 1.82) is 0 Å². The van der Waals surface area contributed by atoms with Gasteiger partial charge in [0.25, 0.3) is 0 Å². The molecule has 2 aromatic rings. The number of piperazine rings is 1. The Bertz CT molecular complexity index is 993. The largest absolute Gasteiger partial charge is 0.392 e. The van der Waals surface area contributed by atoms with Crippen LogP contribution in [0.25, 0.3) is 0 Å². The van der Waals surface area contributed by atoms with Crippen molar-refractivity contribution in [3.8, 4) is 0 Å². The van der Waals surface area contributed by atoms with Gasteiger partial charge in [-0.05, 0) is 44.2 Å². The molecule has 3 saturated heterocycles. The second-order valence-electron chi connectivity index (χ2n) is 9.67. The van der Waals surface area contributed by atoms with Gasteiger partial charge in [0.05, 0.1) is 11.6 Å². The van der Waals surface area contributed by atoms with Crippen molar-refractivity contribution in [1.82, 2.24) is 9.97 Å². The van der Waals surface area contributed by atoms with Crippen LogP contribution in [-0.2, 0) is 6.61 Å². The lowest BCUT2D eigenvalue weighted by atomic mass is 10.1. The van der Waals surface area contributed by atoms with E-state index >= 15 is 0 Å². The molecule has 0 bridgehead atoms. The third-order valence-corrected chi connectivity index (χ3v) is 7.66. The maximum atomic E-state index is 13.8. The van der Waals surface area contributed by atoms with E-state index in [-0.39, 0.29) is 6.61 Å². The molecule has 0 spiro atoms. The molecule has 0 aromatic carbocycles. The molecule has 0 amide bonds. The predicted molar refractivity (Wildman–Crippen MR) is 136 cm³/mol. The van der Waals surface area contributed by atoms with Crippen LogP contribution in [0.4, 0.5) is 27.5 Å². The van der Waals surface area contributed by atoms with Gasteiger partial charge in [0.15, 0.2) is 0 Å². The third-order valence-electron chi connectivity index (χ3n) is 7.38. The molecule has 9 heteroatoms. The van der Waals surface area contributed by atoms with Gasteiger partial charge in [-0.1, -0.05) is 11.6 Å². The maximum Gasteiger partial charge on any atom is 0.147 e. The predicted octanol–water partition coefficient (Wildman–Crippen LogP) is 3.88. The summed E-state index contributed by atoms with van der Waals surface area (Å²) in [7, 11) is 0. The van der Waals surface area contributed by atoms with Gasteiger partial charge >= 0.3 is 0 Å². The zero-order valence-corrected chi connectivity index (χ0v) is 20.6. The number of alkyl halides is 1. The van der Waals surface area contributed by atoms with E-state index in [1.807, 2.05) is 0 Å². The monoisotopic (exact) mass is 488 g/mol. The van der Waals surface area contributed by atoms with E-state index in [2.05, 4.69) is 43.6 Å². The van der Waals surface area contributed by atoms with Crippen LogP contribution in [0.2, 0.25) is 5.02 Å². The van der Waals surface area contributed by atoms with Gasteiger partial charge < -0.3 is 24.7 Å². The summed E-state index contributed by atoms with van der Waals surface area (Å²) in [4.78, 5) is 18.8. The van der Waals surface area contributed by atoms with Crippen molar-refractivity contribution in [2.75, 3.05) is 65.4 Å². The van der Waals surface area contributed by atoms with Crippen LogP contribution in [0.5, 0.6) is 0 Å². The molecule has 1 atom stereocenters. The summed E-state index contributed by atoms with van der Waals surface area (Å²) in [6, 6.07) is 6.65. The minimum absolute atomic E-state index is 0.0657. The molecule has 0 saturated carbocycles. The number of aromatic nitrogens is 2. The SMILES string of the molecule is C[C@@H]1CCCN1c1cc(N2CCC(F)CC2)cc(N2CCN(c3ncc(CO)cc3Cl)CC2)n1. The number of aliphatic hydroxyl groups is 1. The lowest BCUT2D eigenvalue weighted by Crippen LogP contribution is -2.47. The van der Waals surface area contributed by atoms with E-state index in [1.54, 1.807) is 12.3 Å². The van der Waals surface area contributed by atoms with E-state index < -0.39 is 6.17 Å². The maximum absolute atomic E-state index is 13.8. The Morgan fingerprint density at radius 3 is 2.29 bits per heavy atom. The standard InChI is InChI=1S/C25H34ClFN6O/c1-18-3-2-6-33(18)24-15-21(30-7-4-20(27)5-8-30)14-23(29-24)31-9-11-32(12-10-31)25-22(26)13-19(17-34)16-28-25/h13-16,18,20,34H,2-12,17H2,1H3/t18-/m1/s1. The summed E-state index contributed by atoms with van der Waals surface area (Å²) >= 11 is 6.44. The molecule has 0 radical (unpaired) electrons. The Morgan fingerprint density at radius 2 is 1.65 bits per heavy atom. The Hall–Kier alpha value is -2.32. The zero-order valence-electron chi connectivity index (χ0n) is 19.8. The van der Waals surface area contributed by atoms with Crippen molar-refractivity contribution in [3.05, 3.63) is 35.0 Å². The molecular weight excluding hydrogens is 455 g/mol. The fourth-order valence-corrected chi connectivity index (χ4v) is 5.60. The number of hydrogen-bond donors (Lipinski definition) is 1. The molecule has 184 valence electrons. The van der Waals surface area contributed by atoms with Gasteiger partial charge in [0.1, 0.15) is 23.6 Å². The summed E-state index contributed by atoms with van der Waals surface area (Å²) in [5.74, 6) is 2.79. The van der Waals surface area contributed by atoms with Gasteiger partial charge in [-0.25, -0.2) is 14.4 Å². The molecular formula is C25H34ClFN6O. The first-order chi connectivity index (χ1) is 16.5. The first kappa shape index (κ1) is 23.4. The summed E-state index contributed by atoms with van der Waals surface area (Å²) in [5.41, 5.74) is 1.87. The van der Waals surface area contributed by atoms with Crippen molar-refractivity contribution in [2.24, 2.45) is 0 Å². The average molecular weight is 489 g/mol. The number of aliphatic hydroxyl groups excluding tert-OH is 1. The van der Waals surface area contributed by atoms with Crippen LogP contribution in [0.15, 0.2) is 24.4 Å². The second-order valence-corrected chi connectivity index (χ2v) is 10.1. The highest BCUT2D eigenvalue weighted by atomic mass is 35.5. The average Bonchev–Trinajstić information content (AvgIpc) is 3.30. The van der Waals surface area contributed by atoms with Crippen LogP contribution in [0, 0.1) is 0 Å². The Labute approximate surface area is 206 Å². The Morgan fingerprint density at radius 1 is 0.941 bits per heavy atom. The lowest BCUT2D eigenvalue weighted by molar-refractivity contribution is 0.277. The summed E-state index contributed by atoms with van der Waals surface area (Å²) < 4.78 is 13.8. The van der Waals surface area contributed by atoms with Crippen LogP contribution in [0.1, 0.15) is 38.2 Å². The number of hydrogen-bond acceptors (Lipinski definition) is 7. The number of rotatable bonds is 5. The molecule has 3 aliphatic heterocycles. The van der Waals surface area contributed by atoms with E-state index in [1.165, 1.54) is 12.8 Å². The first-order valence-electron chi connectivity index (χ1n) is 12.4. The number of anilines is 4. The lowest BCUT2D eigenvalue weighted by Gasteiger charge is -2.38. The summed E-state index contributed by atoms with van der Waals surface area (Å²) in [5, 5.41) is 9.89. The van der Waals surface area contributed by atoms with Gasteiger partial charge in [0, 0.05) is 75.9 Å². The van der Waals surface area contributed by atoms with Crippen LogP contribution in [-0.4, -0.2) is 73.1 Å². The minimum atomic E-state index is -0.685. The molecule has 3 fully saturated rings. The number of piperidine rings is 1. The summed E-state index contributed by atoms with van der Waals surface area (Å²) in [6.45, 7) is 7.96. The molecule has 1 N–H and O–H groups in total. The van der Waals surface area contributed by atoms with Crippen molar-refractivity contribution in [2.45, 2.75) is 51.4 Å². The van der Waals surface area contributed by atoms with E-state index in [4.69, 9.17) is 16.6 Å². The molecule has 7 nitrogen and oxygen atoms in total. The second kappa shape index (κ2) is 10.1. The molecule has 34 heavy (non-hydrogen) atoms. The Kier molecular flexibility index (Phi) is 6.97. The van der Waals surface area contributed by atoms with E-state index in [0.717, 1.165) is 69.0 Å². The smallest absolute Gasteiger partial charge is 0.147 e. The fourth-order valence-electron chi connectivity index (χ4n) is 5.30. The van der Waals surface area contributed by atoms with Crippen molar-refractivity contribution < 1.29 is 9.50 Å². The van der Waals surface area contributed by atoms with Crippen molar-refractivity contribution >= 4 is 34.7 Å². The third kappa shape index (κ3) is 4.89. The highest BCUT2D eigenvalue weighted by Crippen LogP contribution is 2.33. The highest BCUT2D eigenvalue weighted by Gasteiger charge is 2.27. The molecule has 5 heterocycles. The normalized spacial score (nSPS) is 22.1. The molecule has 0 aliphatic carbocycles. The van der Waals surface area contributed by atoms with Gasteiger partial charge in [-0.15, -0.1) is 0 Å².